The highest BCUT2D eigenvalue weighted by Crippen LogP contribution is 2.33. The highest BCUT2D eigenvalue weighted by molar-refractivity contribution is 5.96. The van der Waals surface area contributed by atoms with Crippen molar-refractivity contribution in [3.8, 4) is 11.5 Å². The van der Waals surface area contributed by atoms with E-state index in [0.29, 0.717) is 6.42 Å². The zero-order valence-electron chi connectivity index (χ0n) is 9.74. The molecule has 1 aromatic carbocycles. The van der Waals surface area contributed by atoms with Crippen LogP contribution in [0.5, 0.6) is 11.5 Å². The molecule has 4 nitrogen and oxygen atoms in total. The fourth-order valence-corrected chi connectivity index (χ4v) is 1.08. The van der Waals surface area contributed by atoms with Gasteiger partial charge in [-0.25, -0.2) is 0 Å². The van der Waals surface area contributed by atoms with Crippen LogP contribution in [0.25, 0.3) is 0 Å². The molecule has 0 aromatic heterocycles. The molecule has 0 aliphatic rings. The first-order valence-corrected chi connectivity index (χ1v) is 5.21. The molecule has 0 saturated carbocycles. The van der Waals surface area contributed by atoms with E-state index in [1.54, 1.807) is 12.1 Å². The lowest BCUT2D eigenvalue weighted by molar-refractivity contribution is -0.124. The molecule has 4 heteroatoms. The first kappa shape index (κ1) is 12.4. The second kappa shape index (κ2) is 4.43. The van der Waals surface area contributed by atoms with Gasteiger partial charge < -0.3 is 15.5 Å². The molecular weight excluding hydrogens is 206 g/mol. The Labute approximate surface area is 94.9 Å². The monoisotopic (exact) mass is 223 g/mol. The van der Waals surface area contributed by atoms with Crippen molar-refractivity contribution in [2.75, 3.05) is 5.32 Å². The van der Waals surface area contributed by atoms with E-state index in [9.17, 15) is 15.0 Å². The molecule has 0 bridgehead atoms. The molecule has 0 spiro atoms. The van der Waals surface area contributed by atoms with E-state index in [-0.39, 0.29) is 23.1 Å². The van der Waals surface area contributed by atoms with Crippen molar-refractivity contribution in [3.05, 3.63) is 18.2 Å². The van der Waals surface area contributed by atoms with Gasteiger partial charge in [-0.05, 0) is 18.6 Å². The first-order valence-electron chi connectivity index (χ1n) is 5.21. The van der Waals surface area contributed by atoms with Gasteiger partial charge >= 0.3 is 0 Å². The van der Waals surface area contributed by atoms with E-state index in [4.69, 9.17) is 0 Å². The summed E-state index contributed by atoms with van der Waals surface area (Å²) in [5.74, 6) is -0.731. The maximum Gasteiger partial charge on any atom is 0.230 e. The van der Waals surface area contributed by atoms with Gasteiger partial charge in [0.25, 0.3) is 0 Å². The second-order valence-corrected chi connectivity index (χ2v) is 4.36. The lowest BCUT2D eigenvalue weighted by Gasteiger charge is -2.21. The van der Waals surface area contributed by atoms with Crippen molar-refractivity contribution in [3.63, 3.8) is 0 Å². The van der Waals surface area contributed by atoms with Crippen molar-refractivity contribution >= 4 is 11.6 Å². The number of benzene rings is 1. The predicted molar refractivity (Wildman–Crippen MR) is 62.5 cm³/mol. The third-order valence-corrected chi connectivity index (χ3v) is 2.76. The van der Waals surface area contributed by atoms with Crippen LogP contribution in [0.15, 0.2) is 18.2 Å². The van der Waals surface area contributed by atoms with Gasteiger partial charge in [-0.3, -0.25) is 4.79 Å². The van der Waals surface area contributed by atoms with Gasteiger partial charge in [0, 0.05) is 5.41 Å². The number of hydrogen-bond acceptors (Lipinski definition) is 3. The lowest BCUT2D eigenvalue weighted by atomic mass is 9.89. The van der Waals surface area contributed by atoms with Crippen LogP contribution in [0.4, 0.5) is 5.69 Å². The van der Waals surface area contributed by atoms with Crippen LogP contribution in [0, 0.1) is 5.41 Å². The van der Waals surface area contributed by atoms with Crippen molar-refractivity contribution in [1.82, 2.24) is 0 Å². The molecule has 3 N–H and O–H groups in total. The normalized spacial score (nSPS) is 11.2. The summed E-state index contributed by atoms with van der Waals surface area (Å²) in [5, 5.41) is 21.4. The molecule has 0 aliphatic carbocycles. The summed E-state index contributed by atoms with van der Waals surface area (Å²) in [6.07, 6.45) is 0.693. The minimum atomic E-state index is -0.502. The Kier molecular flexibility index (Phi) is 3.42. The van der Waals surface area contributed by atoms with E-state index in [2.05, 4.69) is 5.32 Å². The number of nitrogens with one attached hydrogen (secondary N) is 1. The Morgan fingerprint density at radius 1 is 1.38 bits per heavy atom. The van der Waals surface area contributed by atoms with E-state index in [1.165, 1.54) is 6.07 Å². The van der Waals surface area contributed by atoms with Crippen LogP contribution in [0.2, 0.25) is 0 Å². The van der Waals surface area contributed by atoms with Gasteiger partial charge in [-0.2, -0.15) is 0 Å². The van der Waals surface area contributed by atoms with Crippen molar-refractivity contribution in [1.29, 1.82) is 0 Å². The molecule has 0 atom stereocenters. The number of phenols is 2. The standard InChI is InChI=1S/C12H17NO3/c1-4-12(2,3)11(16)13-8-6-5-7-9(14)10(8)15/h5-7,14-15H,4H2,1-3H3,(H,13,16). The van der Waals surface area contributed by atoms with Crippen LogP contribution in [0.1, 0.15) is 27.2 Å². The number of rotatable bonds is 3. The Balaban J connectivity index is 2.90. The summed E-state index contributed by atoms with van der Waals surface area (Å²) in [7, 11) is 0. The Morgan fingerprint density at radius 3 is 2.56 bits per heavy atom. The second-order valence-electron chi connectivity index (χ2n) is 4.36. The van der Waals surface area contributed by atoms with Crippen molar-refractivity contribution < 1.29 is 15.0 Å². The number of aromatic hydroxyl groups is 2. The number of anilines is 1. The molecular formula is C12H17NO3. The quantitative estimate of drug-likeness (QED) is 0.689. The smallest absolute Gasteiger partial charge is 0.230 e. The summed E-state index contributed by atoms with van der Waals surface area (Å²) < 4.78 is 0. The number of para-hydroxylation sites is 1. The SMILES string of the molecule is CCC(C)(C)C(=O)Nc1cccc(O)c1O. The zero-order valence-corrected chi connectivity index (χ0v) is 9.74. The topological polar surface area (TPSA) is 69.6 Å². The summed E-state index contributed by atoms with van der Waals surface area (Å²) in [4.78, 5) is 11.8. The highest BCUT2D eigenvalue weighted by Gasteiger charge is 2.26. The molecule has 0 fully saturated rings. The molecule has 88 valence electrons. The van der Waals surface area contributed by atoms with E-state index < -0.39 is 5.41 Å². The number of amides is 1. The number of carbonyl (C=O) groups excluding carboxylic acids is 1. The fraction of sp³-hybridized carbons (Fsp3) is 0.417. The van der Waals surface area contributed by atoms with Crippen LogP contribution >= 0.6 is 0 Å². The van der Waals surface area contributed by atoms with E-state index >= 15 is 0 Å². The van der Waals surface area contributed by atoms with Crippen molar-refractivity contribution in [2.45, 2.75) is 27.2 Å². The van der Waals surface area contributed by atoms with Gasteiger partial charge in [-0.1, -0.05) is 26.8 Å². The molecule has 1 rings (SSSR count). The fourth-order valence-electron chi connectivity index (χ4n) is 1.08. The molecule has 1 aromatic rings. The van der Waals surface area contributed by atoms with Crippen LogP contribution in [-0.4, -0.2) is 16.1 Å². The Morgan fingerprint density at radius 2 is 2.00 bits per heavy atom. The molecule has 16 heavy (non-hydrogen) atoms. The first-order chi connectivity index (χ1) is 7.38. The summed E-state index contributed by atoms with van der Waals surface area (Å²) in [6.45, 7) is 5.56. The van der Waals surface area contributed by atoms with Crippen LogP contribution < -0.4 is 5.32 Å². The molecule has 0 saturated heterocycles. The minimum absolute atomic E-state index is 0.184. The molecule has 0 heterocycles. The maximum atomic E-state index is 11.8. The lowest BCUT2D eigenvalue weighted by Crippen LogP contribution is -2.29. The van der Waals surface area contributed by atoms with Gasteiger partial charge in [0.15, 0.2) is 11.5 Å². The largest absolute Gasteiger partial charge is 0.504 e. The summed E-state index contributed by atoms with van der Waals surface area (Å²) in [6, 6.07) is 4.46. The molecule has 1 amide bonds. The van der Waals surface area contributed by atoms with Crippen molar-refractivity contribution in [2.24, 2.45) is 5.41 Å². The molecule has 0 aliphatic heterocycles. The number of phenolic OH excluding ortho intramolecular Hbond substituents is 2. The Hall–Kier alpha value is -1.71. The molecule has 0 radical (unpaired) electrons. The maximum absolute atomic E-state index is 11.8. The average molecular weight is 223 g/mol. The van der Waals surface area contributed by atoms with Gasteiger partial charge in [-0.15, -0.1) is 0 Å². The number of hydrogen-bond donors (Lipinski definition) is 3. The third-order valence-electron chi connectivity index (χ3n) is 2.76. The number of carbonyl (C=O) groups is 1. The van der Waals surface area contributed by atoms with E-state index in [0.717, 1.165) is 0 Å². The summed E-state index contributed by atoms with van der Waals surface area (Å²) in [5.41, 5.74) is -0.274. The van der Waals surface area contributed by atoms with Gasteiger partial charge in [0.05, 0.1) is 5.69 Å². The van der Waals surface area contributed by atoms with Gasteiger partial charge in [0.1, 0.15) is 0 Å². The average Bonchev–Trinajstić information content (AvgIpc) is 2.24. The molecule has 0 unspecified atom stereocenters. The van der Waals surface area contributed by atoms with E-state index in [1.807, 2.05) is 20.8 Å². The third kappa shape index (κ3) is 2.45. The van der Waals surface area contributed by atoms with Gasteiger partial charge in [0.2, 0.25) is 5.91 Å². The minimum Gasteiger partial charge on any atom is -0.504 e. The summed E-state index contributed by atoms with van der Waals surface area (Å²) >= 11 is 0. The zero-order chi connectivity index (χ0) is 12.3. The van der Waals surface area contributed by atoms with Crippen LogP contribution in [-0.2, 0) is 4.79 Å². The predicted octanol–water partition coefficient (Wildman–Crippen LogP) is 2.47. The Bertz CT molecular complexity index is 399. The van der Waals surface area contributed by atoms with Crippen LogP contribution in [0.3, 0.4) is 0 Å². The highest BCUT2D eigenvalue weighted by atomic mass is 16.3.